The van der Waals surface area contributed by atoms with Crippen molar-refractivity contribution in [3.05, 3.63) is 89.6 Å². The molecule has 1 aromatic heterocycles. The van der Waals surface area contributed by atoms with Gasteiger partial charge in [-0.3, -0.25) is 9.59 Å². The minimum Gasteiger partial charge on any atom is -0.357 e. The van der Waals surface area contributed by atoms with Crippen LogP contribution in [-0.4, -0.2) is 29.9 Å². The highest BCUT2D eigenvalue weighted by molar-refractivity contribution is 6.04. The van der Waals surface area contributed by atoms with E-state index < -0.39 is 11.7 Å². The molecule has 170 valence electrons. The SMILES string of the molecule is O=C(Nc1ccccc1F)c1ccnc(N2CCC(C(=O)NCc3ccc(F)cc3)CC2)c1. The molecule has 1 aliphatic heterocycles. The molecule has 4 rings (SSSR count). The lowest BCUT2D eigenvalue weighted by atomic mass is 9.95. The molecule has 6 nitrogen and oxygen atoms in total. The number of carbonyl (C=O) groups excluding carboxylic acids is 2. The smallest absolute Gasteiger partial charge is 0.255 e. The van der Waals surface area contributed by atoms with E-state index in [4.69, 9.17) is 0 Å². The van der Waals surface area contributed by atoms with Gasteiger partial charge in [0.1, 0.15) is 17.5 Å². The topological polar surface area (TPSA) is 74.3 Å². The number of rotatable bonds is 6. The van der Waals surface area contributed by atoms with Crippen molar-refractivity contribution in [1.82, 2.24) is 10.3 Å². The molecule has 0 atom stereocenters. The van der Waals surface area contributed by atoms with Gasteiger partial charge in [0.15, 0.2) is 0 Å². The van der Waals surface area contributed by atoms with Crippen LogP contribution in [0, 0.1) is 17.6 Å². The number of hydrogen-bond acceptors (Lipinski definition) is 4. The van der Waals surface area contributed by atoms with Gasteiger partial charge in [0.2, 0.25) is 5.91 Å². The highest BCUT2D eigenvalue weighted by Gasteiger charge is 2.26. The van der Waals surface area contributed by atoms with Gasteiger partial charge in [0.05, 0.1) is 5.69 Å². The standard InChI is InChI=1S/C25H24F2N4O2/c26-20-7-5-17(6-8-20)16-29-24(32)18-10-13-31(14-11-18)23-15-19(9-12-28-23)25(33)30-22-4-2-1-3-21(22)27/h1-9,12,15,18H,10-11,13-14,16H2,(H,29,32)(H,30,33). The third kappa shape index (κ3) is 5.71. The molecular formula is C25H24F2N4O2. The van der Waals surface area contributed by atoms with Gasteiger partial charge in [-0.15, -0.1) is 0 Å². The van der Waals surface area contributed by atoms with Crippen LogP contribution in [0.4, 0.5) is 20.3 Å². The van der Waals surface area contributed by atoms with Crippen LogP contribution in [0.15, 0.2) is 66.9 Å². The molecule has 1 aliphatic rings. The van der Waals surface area contributed by atoms with E-state index in [9.17, 15) is 18.4 Å². The van der Waals surface area contributed by atoms with Crippen molar-refractivity contribution < 1.29 is 18.4 Å². The van der Waals surface area contributed by atoms with E-state index in [2.05, 4.69) is 15.6 Å². The second-order valence-corrected chi connectivity index (χ2v) is 7.94. The first-order valence-corrected chi connectivity index (χ1v) is 10.8. The van der Waals surface area contributed by atoms with E-state index >= 15 is 0 Å². The first-order valence-electron chi connectivity index (χ1n) is 10.8. The fraction of sp³-hybridized carbons (Fsp3) is 0.240. The molecule has 2 aromatic carbocycles. The van der Waals surface area contributed by atoms with E-state index in [0.717, 1.165) is 5.56 Å². The zero-order valence-electron chi connectivity index (χ0n) is 17.9. The summed E-state index contributed by atoms with van der Waals surface area (Å²) in [6.07, 6.45) is 2.86. The lowest BCUT2D eigenvalue weighted by Crippen LogP contribution is -2.40. The lowest BCUT2D eigenvalue weighted by Gasteiger charge is -2.32. The van der Waals surface area contributed by atoms with E-state index in [-0.39, 0.29) is 23.3 Å². The maximum atomic E-state index is 13.8. The number of pyridine rings is 1. The Morgan fingerprint density at radius 1 is 1.00 bits per heavy atom. The lowest BCUT2D eigenvalue weighted by molar-refractivity contribution is -0.125. The van der Waals surface area contributed by atoms with Crippen LogP contribution >= 0.6 is 0 Å². The number of carbonyl (C=O) groups is 2. The molecule has 8 heteroatoms. The van der Waals surface area contributed by atoms with Gasteiger partial charge >= 0.3 is 0 Å². The van der Waals surface area contributed by atoms with E-state index in [1.807, 2.05) is 4.90 Å². The van der Waals surface area contributed by atoms with Crippen molar-refractivity contribution in [3.63, 3.8) is 0 Å². The number of aromatic nitrogens is 1. The summed E-state index contributed by atoms with van der Waals surface area (Å²) >= 11 is 0. The summed E-state index contributed by atoms with van der Waals surface area (Å²) in [5.41, 5.74) is 1.34. The highest BCUT2D eigenvalue weighted by Crippen LogP contribution is 2.23. The average molecular weight is 450 g/mol. The minimum absolute atomic E-state index is 0.0232. The Hall–Kier alpha value is -3.81. The van der Waals surface area contributed by atoms with Crippen LogP contribution in [0.1, 0.15) is 28.8 Å². The van der Waals surface area contributed by atoms with Gasteiger partial charge in [-0.2, -0.15) is 0 Å². The van der Waals surface area contributed by atoms with Gasteiger partial charge in [-0.1, -0.05) is 24.3 Å². The molecule has 33 heavy (non-hydrogen) atoms. The van der Waals surface area contributed by atoms with Crippen molar-refractivity contribution in [2.24, 2.45) is 5.92 Å². The second kappa shape index (κ2) is 10.2. The summed E-state index contributed by atoms with van der Waals surface area (Å²) in [4.78, 5) is 31.5. The molecule has 2 heterocycles. The molecule has 0 bridgehead atoms. The van der Waals surface area contributed by atoms with Gasteiger partial charge in [0.25, 0.3) is 5.91 Å². The Bertz CT molecular complexity index is 1130. The Kier molecular flexibility index (Phi) is 6.92. The summed E-state index contributed by atoms with van der Waals surface area (Å²) in [6.45, 7) is 1.61. The number of anilines is 2. The molecular weight excluding hydrogens is 426 g/mol. The van der Waals surface area contributed by atoms with Gasteiger partial charge in [-0.05, 0) is 54.8 Å². The zero-order chi connectivity index (χ0) is 23.2. The van der Waals surface area contributed by atoms with Crippen LogP contribution in [0.5, 0.6) is 0 Å². The van der Waals surface area contributed by atoms with Crippen LogP contribution in [0.3, 0.4) is 0 Å². The van der Waals surface area contributed by atoms with Gasteiger partial charge in [-0.25, -0.2) is 13.8 Å². The fourth-order valence-electron chi connectivity index (χ4n) is 3.80. The van der Waals surface area contributed by atoms with Crippen molar-refractivity contribution in [1.29, 1.82) is 0 Å². The summed E-state index contributed by atoms with van der Waals surface area (Å²) in [7, 11) is 0. The molecule has 2 amide bonds. The molecule has 0 aliphatic carbocycles. The maximum absolute atomic E-state index is 13.8. The van der Waals surface area contributed by atoms with Crippen molar-refractivity contribution in [3.8, 4) is 0 Å². The molecule has 0 radical (unpaired) electrons. The van der Waals surface area contributed by atoms with E-state index in [1.165, 1.54) is 24.3 Å². The molecule has 1 saturated heterocycles. The predicted octanol–water partition coefficient (Wildman–Crippen LogP) is 4.14. The van der Waals surface area contributed by atoms with E-state index in [1.54, 1.807) is 42.6 Å². The molecule has 0 saturated carbocycles. The van der Waals surface area contributed by atoms with Crippen molar-refractivity contribution in [2.45, 2.75) is 19.4 Å². The number of halogens is 2. The molecule has 0 unspecified atom stereocenters. The number of hydrogen-bond donors (Lipinski definition) is 2. The number of nitrogens with one attached hydrogen (secondary N) is 2. The summed E-state index contributed by atoms with van der Waals surface area (Å²) in [6, 6.07) is 15.3. The largest absolute Gasteiger partial charge is 0.357 e. The third-order valence-electron chi connectivity index (χ3n) is 5.70. The summed E-state index contributed by atoms with van der Waals surface area (Å²) in [5, 5.41) is 5.49. The minimum atomic E-state index is -0.500. The molecule has 1 fully saturated rings. The quantitative estimate of drug-likeness (QED) is 0.592. The number of amides is 2. The Morgan fingerprint density at radius 2 is 1.73 bits per heavy atom. The van der Waals surface area contributed by atoms with Crippen LogP contribution < -0.4 is 15.5 Å². The second-order valence-electron chi connectivity index (χ2n) is 7.94. The zero-order valence-corrected chi connectivity index (χ0v) is 17.9. The Balaban J connectivity index is 1.31. The van der Waals surface area contributed by atoms with Crippen LogP contribution in [-0.2, 0) is 11.3 Å². The number of piperidine rings is 1. The number of para-hydroxylation sites is 1. The number of benzene rings is 2. The highest BCUT2D eigenvalue weighted by atomic mass is 19.1. The number of nitrogens with zero attached hydrogens (tertiary/aromatic N) is 2. The normalized spacial score (nSPS) is 14.1. The van der Waals surface area contributed by atoms with Crippen LogP contribution in [0.25, 0.3) is 0 Å². The van der Waals surface area contributed by atoms with Crippen molar-refractivity contribution in [2.75, 3.05) is 23.3 Å². The fourth-order valence-corrected chi connectivity index (χ4v) is 3.80. The third-order valence-corrected chi connectivity index (χ3v) is 5.70. The van der Waals surface area contributed by atoms with Gasteiger partial charge in [0, 0.05) is 37.3 Å². The molecule has 2 N–H and O–H groups in total. The first kappa shape index (κ1) is 22.4. The summed E-state index contributed by atoms with van der Waals surface area (Å²) in [5.74, 6) is -0.723. The predicted molar refractivity (Wildman–Crippen MR) is 122 cm³/mol. The molecule has 3 aromatic rings. The van der Waals surface area contributed by atoms with E-state index in [0.29, 0.717) is 43.9 Å². The average Bonchev–Trinajstić information content (AvgIpc) is 2.85. The first-order chi connectivity index (χ1) is 16.0. The Labute approximate surface area is 190 Å². The molecule has 0 spiro atoms. The summed E-state index contributed by atoms with van der Waals surface area (Å²) < 4.78 is 26.8. The maximum Gasteiger partial charge on any atom is 0.255 e. The van der Waals surface area contributed by atoms with Gasteiger partial charge < -0.3 is 15.5 Å². The Morgan fingerprint density at radius 3 is 2.45 bits per heavy atom. The van der Waals surface area contributed by atoms with Crippen LogP contribution in [0.2, 0.25) is 0 Å². The van der Waals surface area contributed by atoms with Crippen molar-refractivity contribution >= 4 is 23.3 Å². The monoisotopic (exact) mass is 450 g/mol.